The maximum atomic E-state index is 11.1. The molecular formula is C11H15NO3. The molecule has 1 aliphatic heterocycles. The Kier molecular flexibility index (Phi) is 2.77. The highest BCUT2D eigenvalue weighted by Crippen LogP contribution is 2.24. The summed E-state index contributed by atoms with van der Waals surface area (Å²) in [5.74, 6) is 1.15. The second-order valence-electron chi connectivity index (χ2n) is 3.79. The lowest BCUT2D eigenvalue weighted by molar-refractivity contribution is 0.0987. The van der Waals surface area contributed by atoms with E-state index in [2.05, 4.69) is 4.90 Å². The van der Waals surface area contributed by atoms with Crippen LogP contribution in [0.2, 0.25) is 0 Å². The fraction of sp³-hybridized carbons (Fsp3) is 0.545. The van der Waals surface area contributed by atoms with E-state index in [1.165, 1.54) is 6.92 Å². The van der Waals surface area contributed by atoms with Crippen molar-refractivity contribution < 1.29 is 13.9 Å². The summed E-state index contributed by atoms with van der Waals surface area (Å²) >= 11 is 0. The molecule has 1 fully saturated rings. The highest BCUT2D eigenvalue weighted by atomic mass is 16.5. The molecule has 0 N–H and O–H groups in total. The fourth-order valence-electron chi connectivity index (χ4n) is 1.81. The molecule has 15 heavy (non-hydrogen) atoms. The molecule has 4 nitrogen and oxygen atoms in total. The van der Waals surface area contributed by atoms with Crippen molar-refractivity contribution in [1.29, 1.82) is 0 Å². The lowest BCUT2D eigenvalue weighted by Crippen LogP contribution is -2.21. The Labute approximate surface area is 88.8 Å². The molecule has 0 spiro atoms. The van der Waals surface area contributed by atoms with Gasteiger partial charge in [0.2, 0.25) is 0 Å². The first-order valence-corrected chi connectivity index (χ1v) is 5.09. The lowest BCUT2D eigenvalue weighted by Gasteiger charge is -2.14. The van der Waals surface area contributed by atoms with Crippen LogP contribution in [0.15, 0.2) is 16.5 Å². The number of hydrogen-bond acceptors (Lipinski definition) is 4. The number of anilines is 1. The Morgan fingerprint density at radius 3 is 2.93 bits per heavy atom. The normalized spacial score (nSPS) is 20.9. The maximum absolute atomic E-state index is 11.1. The predicted octanol–water partition coefficient (Wildman–Crippen LogP) is 1.71. The summed E-state index contributed by atoms with van der Waals surface area (Å²) in [4.78, 5) is 13.2. The first-order valence-electron chi connectivity index (χ1n) is 5.09. The number of nitrogens with zero attached hydrogens (tertiary/aromatic N) is 1. The van der Waals surface area contributed by atoms with E-state index >= 15 is 0 Å². The molecular weight excluding hydrogens is 194 g/mol. The SMILES string of the molecule is COC1CCN(c2ccc(C(C)=O)o2)C1. The summed E-state index contributed by atoms with van der Waals surface area (Å²) in [5.41, 5.74) is 0. The van der Waals surface area contributed by atoms with Gasteiger partial charge < -0.3 is 14.1 Å². The number of Topliss-reactive ketones (excluding diaryl/α,β-unsaturated/α-hetero) is 1. The molecule has 2 rings (SSSR count). The minimum absolute atomic E-state index is 0.0382. The van der Waals surface area contributed by atoms with E-state index in [1.54, 1.807) is 13.2 Å². The lowest BCUT2D eigenvalue weighted by atomic mass is 10.3. The zero-order valence-electron chi connectivity index (χ0n) is 9.03. The molecule has 0 bridgehead atoms. The second kappa shape index (κ2) is 4.06. The van der Waals surface area contributed by atoms with Crippen molar-refractivity contribution in [3.8, 4) is 0 Å². The van der Waals surface area contributed by atoms with Crippen molar-refractivity contribution in [1.82, 2.24) is 0 Å². The van der Waals surface area contributed by atoms with E-state index in [4.69, 9.17) is 9.15 Å². The largest absolute Gasteiger partial charge is 0.437 e. The van der Waals surface area contributed by atoms with Crippen LogP contribution in [0.5, 0.6) is 0 Å². The molecule has 1 aromatic rings. The number of methoxy groups -OCH3 is 1. The van der Waals surface area contributed by atoms with E-state index in [-0.39, 0.29) is 11.9 Å². The van der Waals surface area contributed by atoms with Crippen LogP contribution in [0.3, 0.4) is 0 Å². The minimum atomic E-state index is -0.0382. The van der Waals surface area contributed by atoms with Gasteiger partial charge in [0.25, 0.3) is 0 Å². The zero-order chi connectivity index (χ0) is 10.8. The number of ketones is 1. The third kappa shape index (κ3) is 2.04. The van der Waals surface area contributed by atoms with Crippen LogP contribution < -0.4 is 4.90 Å². The summed E-state index contributed by atoms with van der Waals surface area (Å²) < 4.78 is 10.7. The molecule has 0 aromatic carbocycles. The standard InChI is InChI=1S/C11H15NO3/c1-8(13)10-3-4-11(15-10)12-6-5-9(7-12)14-2/h3-4,9H,5-7H2,1-2H3. The van der Waals surface area contributed by atoms with Crippen LogP contribution >= 0.6 is 0 Å². The van der Waals surface area contributed by atoms with Gasteiger partial charge in [0.1, 0.15) is 0 Å². The van der Waals surface area contributed by atoms with Gasteiger partial charge in [0.05, 0.1) is 6.10 Å². The zero-order valence-corrected chi connectivity index (χ0v) is 9.03. The molecule has 4 heteroatoms. The van der Waals surface area contributed by atoms with Gasteiger partial charge in [-0.15, -0.1) is 0 Å². The van der Waals surface area contributed by atoms with Gasteiger partial charge in [0, 0.05) is 33.2 Å². The Morgan fingerprint density at radius 2 is 2.40 bits per heavy atom. The molecule has 2 heterocycles. The predicted molar refractivity (Wildman–Crippen MR) is 56.3 cm³/mol. The maximum Gasteiger partial charge on any atom is 0.196 e. The monoisotopic (exact) mass is 209 g/mol. The Balaban J connectivity index is 2.07. The molecule has 1 aromatic heterocycles. The molecule has 1 aliphatic rings. The van der Waals surface area contributed by atoms with Gasteiger partial charge in [-0.25, -0.2) is 0 Å². The molecule has 1 saturated heterocycles. The minimum Gasteiger partial charge on any atom is -0.437 e. The van der Waals surface area contributed by atoms with Gasteiger partial charge in [-0.1, -0.05) is 0 Å². The van der Waals surface area contributed by atoms with Crippen molar-refractivity contribution in [2.45, 2.75) is 19.4 Å². The summed E-state index contributed by atoms with van der Waals surface area (Å²) in [6.45, 7) is 3.26. The van der Waals surface area contributed by atoms with Crippen LogP contribution in [0.1, 0.15) is 23.9 Å². The summed E-state index contributed by atoms with van der Waals surface area (Å²) in [7, 11) is 1.72. The first kappa shape index (κ1) is 10.2. The highest BCUT2D eigenvalue weighted by Gasteiger charge is 2.24. The van der Waals surface area contributed by atoms with Crippen molar-refractivity contribution in [3.05, 3.63) is 17.9 Å². The van der Waals surface area contributed by atoms with E-state index in [0.29, 0.717) is 5.76 Å². The molecule has 0 saturated carbocycles. The molecule has 1 atom stereocenters. The van der Waals surface area contributed by atoms with Crippen molar-refractivity contribution in [3.63, 3.8) is 0 Å². The Hall–Kier alpha value is -1.29. The van der Waals surface area contributed by atoms with Crippen LogP contribution in [0.4, 0.5) is 5.88 Å². The average Bonchev–Trinajstić information content (AvgIpc) is 2.86. The second-order valence-corrected chi connectivity index (χ2v) is 3.79. The molecule has 1 unspecified atom stereocenters. The highest BCUT2D eigenvalue weighted by molar-refractivity contribution is 5.91. The Bertz CT molecular complexity index is 358. The van der Waals surface area contributed by atoms with Gasteiger partial charge in [0.15, 0.2) is 17.4 Å². The van der Waals surface area contributed by atoms with Crippen LogP contribution in [0.25, 0.3) is 0 Å². The van der Waals surface area contributed by atoms with Crippen LogP contribution in [-0.2, 0) is 4.74 Å². The third-order valence-electron chi connectivity index (χ3n) is 2.73. The third-order valence-corrected chi connectivity index (χ3v) is 2.73. The van der Waals surface area contributed by atoms with Crippen molar-refractivity contribution >= 4 is 11.7 Å². The van der Waals surface area contributed by atoms with Gasteiger partial charge in [-0.3, -0.25) is 4.79 Å². The van der Waals surface area contributed by atoms with Crippen molar-refractivity contribution in [2.75, 3.05) is 25.1 Å². The number of furan rings is 1. The van der Waals surface area contributed by atoms with Crippen LogP contribution in [0, 0.1) is 0 Å². The number of carbonyl (C=O) groups excluding carboxylic acids is 1. The quantitative estimate of drug-likeness (QED) is 0.711. The molecule has 82 valence electrons. The number of ether oxygens (including phenoxy) is 1. The van der Waals surface area contributed by atoms with Gasteiger partial charge in [-0.05, 0) is 12.5 Å². The fourth-order valence-corrected chi connectivity index (χ4v) is 1.81. The summed E-state index contributed by atoms with van der Waals surface area (Å²) in [5, 5.41) is 0. The van der Waals surface area contributed by atoms with E-state index in [0.717, 1.165) is 25.4 Å². The average molecular weight is 209 g/mol. The topological polar surface area (TPSA) is 42.7 Å². The summed E-state index contributed by atoms with van der Waals surface area (Å²) in [6.07, 6.45) is 1.28. The molecule has 0 radical (unpaired) electrons. The van der Waals surface area contributed by atoms with Gasteiger partial charge >= 0.3 is 0 Å². The van der Waals surface area contributed by atoms with E-state index < -0.39 is 0 Å². The number of carbonyl (C=O) groups is 1. The van der Waals surface area contributed by atoms with E-state index in [1.807, 2.05) is 6.07 Å². The van der Waals surface area contributed by atoms with Crippen molar-refractivity contribution in [2.24, 2.45) is 0 Å². The number of rotatable bonds is 3. The van der Waals surface area contributed by atoms with Crippen LogP contribution in [-0.4, -0.2) is 32.1 Å². The molecule has 0 amide bonds. The Morgan fingerprint density at radius 1 is 1.60 bits per heavy atom. The van der Waals surface area contributed by atoms with Gasteiger partial charge in [-0.2, -0.15) is 0 Å². The van der Waals surface area contributed by atoms with E-state index in [9.17, 15) is 4.79 Å². The smallest absolute Gasteiger partial charge is 0.196 e. The summed E-state index contributed by atoms with van der Waals surface area (Å²) in [6, 6.07) is 3.56. The molecule has 0 aliphatic carbocycles. The first-order chi connectivity index (χ1) is 7.20. The number of hydrogen-bond donors (Lipinski definition) is 0.